The van der Waals surface area contributed by atoms with Crippen LogP contribution in [-0.4, -0.2) is 18.0 Å². The lowest BCUT2D eigenvalue weighted by atomic mass is 9.83. The number of nitrogens with one attached hydrogen (secondary N) is 1. The Kier molecular flexibility index (Phi) is 6.24. The van der Waals surface area contributed by atoms with Crippen molar-refractivity contribution < 1.29 is 4.79 Å². The van der Waals surface area contributed by atoms with Crippen LogP contribution in [0.4, 0.5) is 0 Å². The number of carbonyl (C=O) groups excluding carboxylic acids is 1. The Bertz CT molecular complexity index is 426. The molecule has 1 aliphatic rings. The Morgan fingerprint density at radius 3 is 2.52 bits per heavy atom. The lowest BCUT2D eigenvalue weighted by Gasteiger charge is -2.31. The van der Waals surface area contributed by atoms with Gasteiger partial charge < -0.3 is 11.1 Å². The van der Waals surface area contributed by atoms with Gasteiger partial charge in [0.05, 0.1) is 6.04 Å². The number of amides is 1. The van der Waals surface area contributed by atoms with E-state index in [0.717, 1.165) is 12.0 Å². The van der Waals surface area contributed by atoms with Crippen molar-refractivity contribution in [3.05, 3.63) is 35.9 Å². The van der Waals surface area contributed by atoms with Crippen molar-refractivity contribution in [2.75, 3.05) is 0 Å². The number of hydrogen-bond donors (Lipinski definition) is 2. The molecular weight excluding hydrogens is 260 g/mol. The SMILES string of the molecule is CCC(NC(=O)[C@@H](N)Cc1ccccc1)C1CCCCC1. The molecule has 0 spiro atoms. The zero-order chi connectivity index (χ0) is 15.1. The molecule has 1 aliphatic carbocycles. The Hall–Kier alpha value is -1.35. The molecule has 0 radical (unpaired) electrons. The van der Waals surface area contributed by atoms with Crippen molar-refractivity contribution >= 4 is 5.91 Å². The minimum Gasteiger partial charge on any atom is -0.352 e. The largest absolute Gasteiger partial charge is 0.352 e. The van der Waals surface area contributed by atoms with Crippen LogP contribution >= 0.6 is 0 Å². The van der Waals surface area contributed by atoms with Gasteiger partial charge in [0.25, 0.3) is 0 Å². The lowest BCUT2D eigenvalue weighted by molar-refractivity contribution is -0.123. The van der Waals surface area contributed by atoms with Crippen molar-refractivity contribution in [1.82, 2.24) is 5.32 Å². The van der Waals surface area contributed by atoms with Gasteiger partial charge in [-0.2, -0.15) is 0 Å². The first-order valence-corrected chi connectivity index (χ1v) is 8.30. The first kappa shape index (κ1) is 16.0. The summed E-state index contributed by atoms with van der Waals surface area (Å²) in [6, 6.07) is 9.82. The van der Waals surface area contributed by atoms with Crippen LogP contribution in [0.5, 0.6) is 0 Å². The van der Waals surface area contributed by atoms with E-state index in [4.69, 9.17) is 5.73 Å². The molecule has 21 heavy (non-hydrogen) atoms. The van der Waals surface area contributed by atoms with Gasteiger partial charge in [-0.25, -0.2) is 0 Å². The molecule has 0 aliphatic heterocycles. The molecular formula is C18H28N2O. The minimum atomic E-state index is -0.454. The number of nitrogens with two attached hydrogens (primary N) is 1. The summed E-state index contributed by atoms with van der Waals surface area (Å²) in [5.74, 6) is 0.632. The van der Waals surface area contributed by atoms with E-state index in [1.165, 1.54) is 32.1 Å². The van der Waals surface area contributed by atoms with Gasteiger partial charge in [-0.1, -0.05) is 56.5 Å². The fourth-order valence-corrected chi connectivity index (χ4v) is 3.34. The van der Waals surface area contributed by atoms with Crippen LogP contribution in [0.2, 0.25) is 0 Å². The lowest BCUT2D eigenvalue weighted by Crippen LogP contribution is -2.49. The van der Waals surface area contributed by atoms with Crippen molar-refractivity contribution in [3.8, 4) is 0 Å². The molecule has 1 amide bonds. The maximum absolute atomic E-state index is 12.3. The van der Waals surface area contributed by atoms with E-state index in [1.807, 2.05) is 30.3 Å². The molecule has 1 fully saturated rings. The van der Waals surface area contributed by atoms with Crippen LogP contribution in [-0.2, 0) is 11.2 Å². The number of rotatable bonds is 6. The molecule has 0 saturated heterocycles. The fourth-order valence-electron chi connectivity index (χ4n) is 3.34. The van der Waals surface area contributed by atoms with Crippen LogP contribution in [0.1, 0.15) is 51.0 Å². The zero-order valence-electron chi connectivity index (χ0n) is 13.1. The van der Waals surface area contributed by atoms with Crippen LogP contribution in [0.15, 0.2) is 30.3 Å². The monoisotopic (exact) mass is 288 g/mol. The van der Waals surface area contributed by atoms with E-state index in [1.54, 1.807) is 0 Å². The zero-order valence-corrected chi connectivity index (χ0v) is 13.1. The third kappa shape index (κ3) is 4.85. The summed E-state index contributed by atoms with van der Waals surface area (Å²) in [7, 11) is 0. The fraction of sp³-hybridized carbons (Fsp3) is 0.611. The first-order chi connectivity index (χ1) is 10.2. The third-order valence-corrected chi connectivity index (χ3v) is 4.62. The standard InChI is InChI=1S/C18H28N2O/c1-2-17(15-11-7-4-8-12-15)20-18(21)16(19)13-14-9-5-3-6-10-14/h3,5-6,9-10,15-17H,2,4,7-8,11-13,19H2,1H3,(H,20,21)/t16-,17?/m0/s1. The Morgan fingerprint density at radius 2 is 1.90 bits per heavy atom. The van der Waals surface area contributed by atoms with Crippen LogP contribution < -0.4 is 11.1 Å². The molecule has 0 heterocycles. The smallest absolute Gasteiger partial charge is 0.237 e. The highest BCUT2D eigenvalue weighted by atomic mass is 16.2. The van der Waals surface area contributed by atoms with Gasteiger partial charge >= 0.3 is 0 Å². The molecule has 116 valence electrons. The molecule has 2 atom stereocenters. The van der Waals surface area contributed by atoms with Crippen LogP contribution in [0.3, 0.4) is 0 Å². The van der Waals surface area contributed by atoms with Gasteiger partial charge in [0.1, 0.15) is 0 Å². The quantitative estimate of drug-likeness (QED) is 0.845. The Labute approximate surface area is 128 Å². The van der Waals surface area contributed by atoms with Gasteiger partial charge in [-0.3, -0.25) is 4.79 Å². The average Bonchev–Trinajstić information content (AvgIpc) is 2.54. The normalized spacial score (nSPS) is 19.0. The Morgan fingerprint density at radius 1 is 1.24 bits per heavy atom. The summed E-state index contributed by atoms with van der Waals surface area (Å²) in [5.41, 5.74) is 7.19. The average molecular weight is 288 g/mol. The molecule has 3 heteroatoms. The number of benzene rings is 1. The molecule has 1 aromatic rings. The molecule has 3 nitrogen and oxygen atoms in total. The van der Waals surface area contributed by atoms with Gasteiger partial charge in [-0.15, -0.1) is 0 Å². The summed E-state index contributed by atoms with van der Waals surface area (Å²) in [6.45, 7) is 2.16. The summed E-state index contributed by atoms with van der Waals surface area (Å²) >= 11 is 0. The summed E-state index contributed by atoms with van der Waals surface area (Å²) in [5, 5.41) is 3.19. The van der Waals surface area contributed by atoms with Crippen LogP contribution in [0, 0.1) is 5.92 Å². The molecule has 0 aromatic heterocycles. The molecule has 1 aromatic carbocycles. The number of carbonyl (C=O) groups is 1. The van der Waals surface area contributed by atoms with E-state index >= 15 is 0 Å². The molecule has 0 bridgehead atoms. The highest BCUT2D eigenvalue weighted by Crippen LogP contribution is 2.27. The Balaban J connectivity index is 1.86. The van der Waals surface area contributed by atoms with Gasteiger partial charge in [-0.05, 0) is 37.2 Å². The summed E-state index contributed by atoms with van der Waals surface area (Å²) in [6.07, 6.45) is 8.02. The van der Waals surface area contributed by atoms with Gasteiger partial charge in [0, 0.05) is 6.04 Å². The van der Waals surface area contributed by atoms with Gasteiger partial charge in [0.2, 0.25) is 5.91 Å². The van der Waals surface area contributed by atoms with E-state index < -0.39 is 6.04 Å². The summed E-state index contributed by atoms with van der Waals surface area (Å²) in [4.78, 5) is 12.3. The van der Waals surface area contributed by atoms with Crippen LogP contribution in [0.25, 0.3) is 0 Å². The van der Waals surface area contributed by atoms with Crippen molar-refractivity contribution in [1.29, 1.82) is 0 Å². The molecule has 2 rings (SSSR count). The molecule has 1 unspecified atom stereocenters. The second-order valence-corrected chi connectivity index (χ2v) is 6.22. The minimum absolute atomic E-state index is 0.00345. The maximum atomic E-state index is 12.3. The van der Waals surface area contributed by atoms with E-state index in [0.29, 0.717) is 18.4 Å². The van der Waals surface area contributed by atoms with Crippen molar-refractivity contribution in [2.45, 2.75) is 64.0 Å². The highest BCUT2D eigenvalue weighted by Gasteiger charge is 2.25. The molecule has 3 N–H and O–H groups in total. The van der Waals surface area contributed by atoms with E-state index in [-0.39, 0.29) is 5.91 Å². The predicted octanol–water partition coefficient (Wildman–Crippen LogP) is 3.03. The summed E-state index contributed by atoms with van der Waals surface area (Å²) < 4.78 is 0. The van der Waals surface area contributed by atoms with Crippen molar-refractivity contribution in [3.63, 3.8) is 0 Å². The van der Waals surface area contributed by atoms with Gasteiger partial charge in [0.15, 0.2) is 0 Å². The maximum Gasteiger partial charge on any atom is 0.237 e. The molecule has 1 saturated carbocycles. The van der Waals surface area contributed by atoms with Crippen molar-refractivity contribution in [2.24, 2.45) is 11.7 Å². The van der Waals surface area contributed by atoms with E-state index in [9.17, 15) is 4.79 Å². The second kappa shape index (κ2) is 8.18. The second-order valence-electron chi connectivity index (χ2n) is 6.22. The van der Waals surface area contributed by atoms with E-state index in [2.05, 4.69) is 12.2 Å². The number of hydrogen-bond acceptors (Lipinski definition) is 2. The topological polar surface area (TPSA) is 55.1 Å². The highest BCUT2D eigenvalue weighted by molar-refractivity contribution is 5.82. The first-order valence-electron chi connectivity index (χ1n) is 8.30. The predicted molar refractivity (Wildman–Crippen MR) is 86.9 cm³/mol. The third-order valence-electron chi connectivity index (χ3n) is 4.62.